The van der Waals surface area contributed by atoms with Crippen molar-refractivity contribution >= 4 is 16.5 Å². The maximum absolute atomic E-state index is 3.90. The minimum absolute atomic E-state index is 0. The summed E-state index contributed by atoms with van der Waals surface area (Å²) in [5, 5.41) is 2.66. The zero-order chi connectivity index (χ0) is 13.7. The fourth-order valence-electron chi connectivity index (χ4n) is 2.02. The third-order valence-corrected chi connectivity index (χ3v) is 3.02. The topological polar surface area (TPSA) is 3.24 Å². The Morgan fingerprint density at radius 3 is 2.10 bits per heavy atom. The molecule has 3 aromatic rings. The van der Waals surface area contributed by atoms with Crippen LogP contribution < -0.4 is 4.90 Å². The predicted molar refractivity (Wildman–Crippen MR) is 91.2 cm³/mol. The van der Waals surface area contributed by atoms with Gasteiger partial charge in [-0.25, -0.2) is 0 Å². The molecule has 0 amide bonds. The first-order chi connectivity index (χ1) is 9.18. The quantitative estimate of drug-likeness (QED) is 0.454. The predicted octanol–water partition coefficient (Wildman–Crippen LogP) is 4.94. The van der Waals surface area contributed by atoms with Gasteiger partial charge < -0.3 is 12.3 Å². The maximum Gasteiger partial charge on any atom is 3.00 e. The Balaban J connectivity index is 0.000000348. The van der Waals surface area contributed by atoms with Crippen LogP contribution in [0, 0.1) is 14.4 Å². The largest absolute Gasteiger partial charge is 3.00 e. The zero-order valence-electron chi connectivity index (χ0n) is 13.0. The number of hydrogen-bond acceptors (Lipinski definition) is 1. The molecule has 0 unspecified atom stereocenters. The van der Waals surface area contributed by atoms with Crippen LogP contribution in [0.1, 0.15) is 5.56 Å². The molecule has 107 valence electrons. The minimum atomic E-state index is 0. The van der Waals surface area contributed by atoms with Gasteiger partial charge in [0, 0.05) is 0 Å². The van der Waals surface area contributed by atoms with Crippen molar-refractivity contribution in [3.63, 3.8) is 0 Å². The first-order valence-electron chi connectivity index (χ1n) is 6.37. The molecule has 0 N–H and O–H groups in total. The molecule has 0 aromatic heterocycles. The van der Waals surface area contributed by atoms with Gasteiger partial charge in [-0.15, -0.1) is 35.7 Å². The molecule has 0 atom stereocenters. The average molecular weight is 312 g/mol. The number of rotatable bonds is 1. The third kappa shape index (κ3) is 5.38. The number of fused-ring (bicyclic) bond motifs is 1. The second-order valence-corrected chi connectivity index (χ2v) is 4.68. The molecule has 3 rings (SSSR count). The SMILES string of the molecule is [CH2-]c1ccccc1N(C)C.[CH3-].[Ti+3].c1ccc2[cH-]ccc2c1. The van der Waals surface area contributed by atoms with Gasteiger partial charge in [0.15, 0.2) is 0 Å². The molecule has 0 spiro atoms. The van der Waals surface area contributed by atoms with E-state index in [2.05, 4.69) is 60.4 Å². The van der Waals surface area contributed by atoms with E-state index in [0.29, 0.717) is 0 Å². The van der Waals surface area contributed by atoms with Crippen LogP contribution in [-0.4, -0.2) is 14.1 Å². The molecule has 21 heavy (non-hydrogen) atoms. The summed E-state index contributed by atoms with van der Waals surface area (Å²) in [7, 11) is 4.04. The molecule has 0 bridgehead atoms. The Kier molecular flexibility index (Phi) is 8.69. The zero-order valence-corrected chi connectivity index (χ0v) is 14.6. The Morgan fingerprint density at radius 2 is 1.52 bits per heavy atom. The number of para-hydroxylation sites is 1. The van der Waals surface area contributed by atoms with Gasteiger partial charge in [-0.1, -0.05) is 23.9 Å². The monoisotopic (exact) mass is 312 g/mol. The molecule has 0 aliphatic heterocycles. The van der Waals surface area contributed by atoms with Crippen LogP contribution in [0.4, 0.5) is 5.69 Å². The second-order valence-electron chi connectivity index (χ2n) is 4.68. The summed E-state index contributed by atoms with van der Waals surface area (Å²) in [4.78, 5) is 2.06. The van der Waals surface area contributed by atoms with E-state index in [9.17, 15) is 0 Å². The summed E-state index contributed by atoms with van der Waals surface area (Å²) in [6.07, 6.45) is 0. The Labute approximate surface area is 143 Å². The molecule has 0 saturated carbocycles. The normalized spacial score (nSPS) is 8.86. The van der Waals surface area contributed by atoms with Crippen LogP contribution in [0.2, 0.25) is 0 Å². The molecule has 0 aliphatic rings. The van der Waals surface area contributed by atoms with E-state index >= 15 is 0 Å². The van der Waals surface area contributed by atoms with Gasteiger partial charge in [0.2, 0.25) is 0 Å². The van der Waals surface area contributed by atoms with Crippen molar-refractivity contribution < 1.29 is 21.7 Å². The molecule has 1 nitrogen and oxygen atoms in total. The minimum Gasteiger partial charge on any atom is -0.428 e. The number of benzene rings is 2. The summed E-state index contributed by atoms with van der Waals surface area (Å²) in [5.41, 5.74) is 2.26. The molecule has 0 saturated heterocycles. The summed E-state index contributed by atoms with van der Waals surface area (Å²) in [6.45, 7) is 3.90. The van der Waals surface area contributed by atoms with Crippen molar-refractivity contribution in [2.75, 3.05) is 19.0 Å². The number of nitrogens with zero attached hydrogens (tertiary/aromatic N) is 1. The molecule has 0 heterocycles. The van der Waals surface area contributed by atoms with E-state index in [1.54, 1.807) is 0 Å². The van der Waals surface area contributed by atoms with Crippen molar-refractivity contribution in [1.82, 2.24) is 0 Å². The van der Waals surface area contributed by atoms with Gasteiger partial charge >= 0.3 is 21.7 Å². The fourth-order valence-corrected chi connectivity index (χ4v) is 2.02. The molecule has 2 heteroatoms. The first-order valence-corrected chi connectivity index (χ1v) is 6.37. The van der Waals surface area contributed by atoms with Gasteiger partial charge in [-0.2, -0.15) is 36.1 Å². The van der Waals surface area contributed by atoms with E-state index in [1.165, 1.54) is 16.5 Å². The number of hydrogen-bond donors (Lipinski definition) is 0. The van der Waals surface area contributed by atoms with Crippen LogP contribution in [-0.2, 0) is 21.7 Å². The maximum atomic E-state index is 3.90. The van der Waals surface area contributed by atoms with Crippen molar-refractivity contribution in [1.29, 1.82) is 0 Å². The first kappa shape index (κ1) is 19.4. The van der Waals surface area contributed by atoms with Crippen LogP contribution in [0.15, 0.2) is 66.7 Å². The van der Waals surface area contributed by atoms with Crippen LogP contribution >= 0.6 is 0 Å². The summed E-state index contributed by atoms with van der Waals surface area (Å²) in [6, 6.07) is 22.8. The molecular weight excluding hydrogens is 290 g/mol. The van der Waals surface area contributed by atoms with E-state index < -0.39 is 0 Å². The molecule has 0 fully saturated rings. The Morgan fingerprint density at radius 1 is 0.905 bits per heavy atom. The van der Waals surface area contributed by atoms with Crippen molar-refractivity contribution in [2.24, 2.45) is 0 Å². The van der Waals surface area contributed by atoms with Crippen LogP contribution in [0.3, 0.4) is 0 Å². The molecule has 1 radical (unpaired) electrons. The Hall–Kier alpha value is -1.57. The van der Waals surface area contributed by atoms with Gasteiger partial charge in [-0.3, -0.25) is 0 Å². The smallest absolute Gasteiger partial charge is 0.428 e. The van der Waals surface area contributed by atoms with Crippen molar-refractivity contribution in [3.8, 4) is 0 Å². The van der Waals surface area contributed by atoms with Crippen LogP contribution in [0.5, 0.6) is 0 Å². The summed E-state index contributed by atoms with van der Waals surface area (Å²) in [5.74, 6) is 0. The van der Waals surface area contributed by atoms with Crippen molar-refractivity contribution in [3.05, 3.63) is 86.6 Å². The summed E-state index contributed by atoms with van der Waals surface area (Å²) < 4.78 is 0. The van der Waals surface area contributed by atoms with E-state index in [0.717, 1.165) is 5.56 Å². The average Bonchev–Trinajstić information content (AvgIpc) is 2.88. The fraction of sp³-hybridized carbons (Fsp3) is 0.105. The number of anilines is 1. The molecule has 3 aromatic carbocycles. The third-order valence-electron chi connectivity index (χ3n) is 3.02. The van der Waals surface area contributed by atoms with Gasteiger partial charge in [0.25, 0.3) is 0 Å². The van der Waals surface area contributed by atoms with E-state index in [-0.39, 0.29) is 29.1 Å². The molecule has 0 aliphatic carbocycles. The van der Waals surface area contributed by atoms with Crippen LogP contribution in [0.25, 0.3) is 10.8 Å². The molecular formula is C19H22NTi. The van der Waals surface area contributed by atoms with E-state index in [4.69, 9.17) is 0 Å². The van der Waals surface area contributed by atoms with Gasteiger partial charge in [-0.05, 0) is 14.1 Å². The second kappa shape index (κ2) is 9.39. The standard InChI is InChI=1S/C9H12N.C9H7.CH3.Ti/c1-8-6-4-5-7-9(8)10(2)3;1-2-5-9-7-3-6-8(9)4-1;;/h4-7H,1H2,2-3H3;1-7H;1H3;/q3*-1;+3. The van der Waals surface area contributed by atoms with Gasteiger partial charge in [0.1, 0.15) is 0 Å². The Bertz CT molecular complexity index is 610. The van der Waals surface area contributed by atoms with Crippen molar-refractivity contribution in [2.45, 2.75) is 0 Å². The van der Waals surface area contributed by atoms with E-state index in [1.807, 2.05) is 32.3 Å². The van der Waals surface area contributed by atoms with Gasteiger partial charge in [0.05, 0.1) is 0 Å². The summed E-state index contributed by atoms with van der Waals surface area (Å²) >= 11 is 0.